The molecule has 1 atom stereocenters. The minimum atomic E-state index is -0.615. The van der Waals surface area contributed by atoms with E-state index >= 15 is 0 Å². The predicted octanol–water partition coefficient (Wildman–Crippen LogP) is 3.12. The molecule has 0 heterocycles. The van der Waals surface area contributed by atoms with Gasteiger partial charge in [-0.2, -0.15) is 0 Å². The minimum absolute atomic E-state index is 0.245. The van der Waals surface area contributed by atoms with Crippen molar-refractivity contribution in [3.05, 3.63) is 29.6 Å². The van der Waals surface area contributed by atoms with Crippen molar-refractivity contribution in [1.29, 1.82) is 0 Å². The molecular weight excluding hydrogens is 217 g/mol. The summed E-state index contributed by atoms with van der Waals surface area (Å²) in [5.41, 5.74) is 1.25. The van der Waals surface area contributed by atoms with Gasteiger partial charge >= 0.3 is 0 Å². The second-order valence-electron chi connectivity index (χ2n) is 5.06. The van der Waals surface area contributed by atoms with Crippen molar-refractivity contribution in [3.63, 3.8) is 0 Å². The lowest BCUT2D eigenvalue weighted by molar-refractivity contribution is 0.199. The Morgan fingerprint density at radius 2 is 2.18 bits per heavy atom. The van der Waals surface area contributed by atoms with Crippen LogP contribution in [-0.4, -0.2) is 18.7 Å². The van der Waals surface area contributed by atoms with Gasteiger partial charge < -0.3 is 10.0 Å². The fourth-order valence-electron chi connectivity index (χ4n) is 2.25. The molecule has 0 bridgehead atoms. The van der Waals surface area contributed by atoms with Crippen LogP contribution in [0.1, 0.15) is 37.9 Å². The summed E-state index contributed by atoms with van der Waals surface area (Å²) < 4.78 is 13.9. The quantitative estimate of drug-likeness (QED) is 0.869. The number of rotatable bonds is 4. The highest BCUT2D eigenvalue weighted by Gasteiger charge is 2.20. The van der Waals surface area contributed by atoms with E-state index in [9.17, 15) is 9.50 Å². The third kappa shape index (κ3) is 2.78. The van der Waals surface area contributed by atoms with E-state index in [-0.39, 0.29) is 5.82 Å². The van der Waals surface area contributed by atoms with Gasteiger partial charge in [0.2, 0.25) is 0 Å². The first-order valence-corrected chi connectivity index (χ1v) is 6.26. The maximum atomic E-state index is 13.9. The summed E-state index contributed by atoms with van der Waals surface area (Å²) >= 11 is 0. The number of halogens is 1. The summed E-state index contributed by atoms with van der Waals surface area (Å²) in [5.74, 6) is 0.473. The average Bonchev–Trinajstić information content (AvgIpc) is 2.22. The van der Waals surface area contributed by atoms with Gasteiger partial charge in [0.1, 0.15) is 5.82 Å². The topological polar surface area (TPSA) is 23.5 Å². The van der Waals surface area contributed by atoms with Crippen LogP contribution < -0.4 is 4.90 Å². The number of aliphatic hydroxyl groups excluding tert-OH is 1. The van der Waals surface area contributed by atoms with Crippen LogP contribution in [0.25, 0.3) is 0 Å². The average molecular weight is 237 g/mol. The molecule has 0 saturated heterocycles. The van der Waals surface area contributed by atoms with E-state index in [2.05, 4.69) is 0 Å². The van der Waals surface area contributed by atoms with E-state index in [1.54, 1.807) is 19.1 Å². The first-order valence-electron chi connectivity index (χ1n) is 6.26. The Labute approximate surface area is 102 Å². The summed E-state index contributed by atoms with van der Waals surface area (Å²) in [5, 5.41) is 9.39. The molecule has 1 aliphatic carbocycles. The van der Waals surface area contributed by atoms with Crippen LogP contribution >= 0.6 is 0 Å². The van der Waals surface area contributed by atoms with Crippen molar-refractivity contribution in [3.8, 4) is 0 Å². The van der Waals surface area contributed by atoms with Crippen molar-refractivity contribution in [2.75, 3.05) is 18.5 Å². The van der Waals surface area contributed by atoms with Crippen LogP contribution in [0.5, 0.6) is 0 Å². The molecule has 2 rings (SSSR count). The van der Waals surface area contributed by atoms with Gasteiger partial charge in [0.05, 0.1) is 11.8 Å². The van der Waals surface area contributed by atoms with Gasteiger partial charge in [-0.15, -0.1) is 0 Å². The first-order chi connectivity index (χ1) is 8.08. The van der Waals surface area contributed by atoms with Crippen LogP contribution in [0.2, 0.25) is 0 Å². The summed E-state index contributed by atoms with van der Waals surface area (Å²) in [7, 11) is 1.93. The van der Waals surface area contributed by atoms with Crippen LogP contribution in [-0.2, 0) is 0 Å². The van der Waals surface area contributed by atoms with E-state index in [0.29, 0.717) is 11.3 Å². The number of nitrogens with zero attached hydrogens (tertiary/aromatic N) is 1. The number of benzene rings is 1. The smallest absolute Gasteiger partial charge is 0.146 e. The largest absolute Gasteiger partial charge is 0.389 e. The van der Waals surface area contributed by atoms with Gasteiger partial charge in [-0.05, 0) is 43.4 Å². The molecule has 1 aromatic carbocycles. The van der Waals surface area contributed by atoms with E-state index in [0.717, 1.165) is 12.5 Å². The van der Waals surface area contributed by atoms with E-state index in [1.165, 1.54) is 25.3 Å². The van der Waals surface area contributed by atoms with Crippen molar-refractivity contribution < 1.29 is 9.50 Å². The number of hydrogen-bond acceptors (Lipinski definition) is 2. The molecule has 0 spiro atoms. The zero-order chi connectivity index (χ0) is 12.4. The number of aliphatic hydroxyl groups is 1. The molecular formula is C14H20FNO. The van der Waals surface area contributed by atoms with Gasteiger partial charge in [0, 0.05) is 13.6 Å². The Bertz CT molecular complexity index is 388. The summed E-state index contributed by atoms with van der Waals surface area (Å²) in [4.78, 5) is 1.98. The third-order valence-corrected chi connectivity index (χ3v) is 3.62. The fraction of sp³-hybridized carbons (Fsp3) is 0.571. The van der Waals surface area contributed by atoms with Crippen molar-refractivity contribution in [2.24, 2.45) is 5.92 Å². The first kappa shape index (κ1) is 12.4. The van der Waals surface area contributed by atoms with Gasteiger partial charge in [0.25, 0.3) is 0 Å². The monoisotopic (exact) mass is 237 g/mol. The molecule has 2 nitrogen and oxygen atoms in total. The Morgan fingerprint density at radius 3 is 2.65 bits per heavy atom. The molecule has 1 aromatic rings. The lowest BCUT2D eigenvalue weighted by Crippen LogP contribution is -2.29. The standard InChI is InChI=1S/C14H20FNO/c1-10(17)12-6-7-14(13(15)8-12)16(2)9-11-4-3-5-11/h6-8,10-11,17H,3-5,9H2,1-2H3/t10-/m0/s1. The lowest BCUT2D eigenvalue weighted by Gasteiger charge is -2.31. The highest BCUT2D eigenvalue weighted by atomic mass is 19.1. The SMILES string of the molecule is C[C@H](O)c1ccc(N(C)CC2CCC2)c(F)c1. The molecule has 94 valence electrons. The van der Waals surface area contributed by atoms with Gasteiger partial charge in [-0.25, -0.2) is 4.39 Å². The summed E-state index contributed by atoms with van der Waals surface area (Å²) in [6, 6.07) is 4.98. The van der Waals surface area contributed by atoms with Crippen LogP contribution in [0.3, 0.4) is 0 Å². The van der Waals surface area contributed by atoms with Gasteiger partial charge in [-0.1, -0.05) is 12.5 Å². The Kier molecular flexibility index (Phi) is 3.67. The number of anilines is 1. The van der Waals surface area contributed by atoms with Gasteiger partial charge in [0.15, 0.2) is 0 Å². The molecule has 3 heteroatoms. The molecule has 0 aromatic heterocycles. The number of hydrogen-bond donors (Lipinski definition) is 1. The summed E-state index contributed by atoms with van der Waals surface area (Å²) in [6.07, 6.45) is 3.22. The highest BCUT2D eigenvalue weighted by molar-refractivity contribution is 5.48. The van der Waals surface area contributed by atoms with Crippen molar-refractivity contribution >= 4 is 5.69 Å². The Balaban J connectivity index is 2.08. The molecule has 17 heavy (non-hydrogen) atoms. The third-order valence-electron chi connectivity index (χ3n) is 3.62. The molecule has 0 aliphatic heterocycles. The van der Waals surface area contributed by atoms with E-state index < -0.39 is 6.10 Å². The molecule has 0 radical (unpaired) electrons. The maximum absolute atomic E-state index is 13.9. The normalized spacial score (nSPS) is 17.6. The minimum Gasteiger partial charge on any atom is -0.389 e. The van der Waals surface area contributed by atoms with Crippen LogP contribution in [0, 0.1) is 11.7 Å². The molecule has 0 amide bonds. The maximum Gasteiger partial charge on any atom is 0.146 e. The second-order valence-corrected chi connectivity index (χ2v) is 5.06. The zero-order valence-corrected chi connectivity index (χ0v) is 10.5. The van der Waals surface area contributed by atoms with Gasteiger partial charge in [-0.3, -0.25) is 0 Å². The molecule has 1 aliphatic rings. The Morgan fingerprint density at radius 1 is 1.47 bits per heavy atom. The van der Waals surface area contributed by atoms with Crippen LogP contribution in [0.4, 0.5) is 10.1 Å². The zero-order valence-electron chi connectivity index (χ0n) is 10.5. The van der Waals surface area contributed by atoms with Crippen molar-refractivity contribution in [1.82, 2.24) is 0 Å². The Hall–Kier alpha value is -1.09. The molecule has 0 unspecified atom stereocenters. The van der Waals surface area contributed by atoms with Crippen molar-refractivity contribution in [2.45, 2.75) is 32.3 Å². The summed E-state index contributed by atoms with van der Waals surface area (Å²) in [6.45, 7) is 2.57. The van der Waals surface area contributed by atoms with Crippen LogP contribution in [0.15, 0.2) is 18.2 Å². The highest BCUT2D eigenvalue weighted by Crippen LogP contribution is 2.29. The molecule has 1 saturated carbocycles. The predicted molar refractivity (Wildman–Crippen MR) is 67.6 cm³/mol. The molecule has 1 N–H and O–H groups in total. The van der Waals surface area contributed by atoms with E-state index in [4.69, 9.17) is 0 Å². The van der Waals surface area contributed by atoms with E-state index in [1.807, 2.05) is 11.9 Å². The lowest BCUT2D eigenvalue weighted by atomic mass is 9.85. The molecule has 1 fully saturated rings. The fourth-order valence-corrected chi connectivity index (χ4v) is 2.25. The second kappa shape index (κ2) is 5.05.